The molecule has 146 valence electrons. The zero-order valence-electron chi connectivity index (χ0n) is 15.9. The maximum atomic E-state index is 12.3. The van der Waals surface area contributed by atoms with Crippen molar-refractivity contribution in [2.45, 2.75) is 46.3 Å². The largest absolute Gasteiger partial charge is 0.452 e. The zero-order chi connectivity index (χ0) is 20.1. The Balaban J connectivity index is 1.90. The summed E-state index contributed by atoms with van der Waals surface area (Å²) < 4.78 is 5.14. The number of aryl methyl sites for hydroxylation is 1. The predicted molar refractivity (Wildman–Crippen MR) is 99.0 cm³/mol. The summed E-state index contributed by atoms with van der Waals surface area (Å²) in [5.74, 6) is -2.18. The van der Waals surface area contributed by atoms with Gasteiger partial charge in [-0.1, -0.05) is 17.7 Å². The summed E-state index contributed by atoms with van der Waals surface area (Å²) in [7, 11) is 0. The number of anilines is 1. The Bertz CT molecular complexity index is 729. The summed E-state index contributed by atoms with van der Waals surface area (Å²) in [6.45, 7) is 7.03. The van der Waals surface area contributed by atoms with Gasteiger partial charge in [0.2, 0.25) is 5.91 Å². The van der Waals surface area contributed by atoms with Gasteiger partial charge in [0.25, 0.3) is 5.91 Å². The van der Waals surface area contributed by atoms with E-state index in [4.69, 9.17) is 4.74 Å². The molecule has 1 aromatic carbocycles. The summed E-state index contributed by atoms with van der Waals surface area (Å²) in [6.07, 6.45) is -1.12. The number of rotatable bonds is 5. The van der Waals surface area contributed by atoms with Crippen LogP contribution in [0.15, 0.2) is 24.3 Å². The van der Waals surface area contributed by atoms with Gasteiger partial charge in [-0.25, -0.2) is 4.79 Å². The Morgan fingerprint density at radius 3 is 2.37 bits per heavy atom. The number of ether oxygens (including phenoxy) is 1. The van der Waals surface area contributed by atoms with Crippen molar-refractivity contribution in [2.24, 2.45) is 5.92 Å². The maximum absolute atomic E-state index is 12.3. The van der Waals surface area contributed by atoms with E-state index in [0.29, 0.717) is 0 Å². The van der Waals surface area contributed by atoms with Crippen LogP contribution in [0.2, 0.25) is 0 Å². The van der Waals surface area contributed by atoms with E-state index >= 15 is 0 Å². The van der Waals surface area contributed by atoms with Gasteiger partial charge in [0, 0.05) is 24.7 Å². The van der Waals surface area contributed by atoms with Gasteiger partial charge in [0.1, 0.15) is 0 Å². The van der Waals surface area contributed by atoms with Crippen LogP contribution < -0.4 is 15.5 Å². The fraction of sp³-hybridized carbons (Fsp3) is 0.474. The van der Waals surface area contributed by atoms with Crippen LogP contribution in [0.1, 0.15) is 32.8 Å². The van der Waals surface area contributed by atoms with E-state index in [2.05, 4.69) is 10.6 Å². The number of hydrogen-bond acceptors (Lipinski definition) is 5. The molecule has 0 aromatic heterocycles. The molecule has 0 radical (unpaired) electrons. The van der Waals surface area contributed by atoms with Crippen molar-refractivity contribution in [3.05, 3.63) is 29.8 Å². The van der Waals surface area contributed by atoms with Gasteiger partial charge in [-0.15, -0.1) is 0 Å². The summed E-state index contributed by atoms with van der Waals surface area (Å²) >= 11 is 0. The first-order valence-electron chi connectivity index (χ1n) is 8.86. The zero-order valence-corrected chi connectivity index (χ0v) is 15.9. The number of carbonyl (C=O) groups excluding carboxylic acids is 4. The van der Waals surface area contributed by atoms with Crippen LogP contribution >= 0.6 is 0 Å². The molecule has 8 nitrogen and oxygen atoms in total. The SMILES string of the molecule is Cc1ccc(N2C[C@@H](C(=O)O[C@H](C)C(=O)NC(=O)NC(C)C)CC2=O)cc1. The number of esters is 1. The number of benzene rings is 1. The van der Waals surface area contributed by atoms with Gasteiger partial charge < -0.3 is 15.0 Å². The van der Waals surface area contributed by atoms with Crippen molar-refractivity contribution in [3.63, 3.8) is 0 Å². The molecule has 0 unspecified atom stereocenters. The lowest BCUT2D eigenvalue weighted by Crippen LogP contribution is -2.47. The number of carbonyl (C=O) groups is 4. The summed E-state index contributed by atoms with van der Waals surface area (Å²) in [4.78, 5) is 49.6. The first kappa shape index (κ1) is 20.4. The number of hydrogen-bond donors (Lipinski definition) is 2. The minimum absolute atomic E-state index is 0.0227. The summed E-state index contributed by atoms with van der Waals surface area (Å²) in [6, 6.07) is 6.65. The second-order valence-corrected chi connectivity index (χ2v) is 6.94. The van der Waals surface area contributed by atoms with Gasteiger partial charge in [0.05, 0.1) is 5.92 Å². The van der Waals surface area contributed by atoms with Crippen molar-refractivity contribution in [1.82, 2.24) is 10.6 Å². The molecule has 0 bridgehead atoms. The average Bonchev–Trinajstić information content (AvgIpc) is 2.96. The third-order valence-corrected chi connectivity index (χ3v) is 4.12. The molecule has 1 heterocycles. The van der Waals surface area contributed by atoms with Gasteiger partial charge in [-0.3, -0.25) is 19.7 Å². The van der Waals surface area contributed by atoms with Crippen LogP contribution in [0.5, 0.6) is 0 Å². The molecule has 0 aliphatic carbocycles. The first-order chi connectivity index (χ1) is 12.7. The molecule has 8 heteroatoms. The Hall–Kier alpha value is -2.90. The van der Waals surface area contributed by atoms with Gasteiger partial charge in [-0.2, -0.15) is 0 Å². The Morgan fingerprint density at radius 1 is 1.15 bits per heavy atom. The molecule has 1 aliphatic heterocycles. The van der Waals surface area contributed by atoms with Crippen molar-refractivity contribution in [3.8, 4) is 0 Å². The van der Waals surface area contributed by atoms with Crippen LogP contribution in [0.4, 0.5) is 10.5 Å². The summed E-state index contributed by atoms with van der Waals surface area (Å²) in [5, 5.41) is 4.62. The standard InChI is InChI=1S/C19H25N3O5/c1-11(2)20-19(26)21-17(24)13(4)27-18(25)14-9-16(23)22(10-14)15-7-5-12(3)6-8-15/h5-8,11,13-14H,9-10H2,1-4H3,(H2,20,21,24,26)/t13-,14+/m1/s1. The van der Waals surface area contributed by atoms with Crippen LogP contribution in [-0.2, 0) is 19.1 Å². The second-order valence-electron chi connectivity index (χ2n) is 6.94. The smallest absolute Gasteiger partial charge is 0.321 e. The Labute approximate surface area is 158 Å². The van der Waals surface area contributed by atoms with Gasteiger partial charge in [0.15, 0.2) is 6.10 Å². The molecule has 1 aliphatic rings. The van der Waals surface area contributed by atoms with Gasteiger partial charge in [-0.05, 0) is 39.8 Å². The average molecular weight is 375 g/mol. The number of amides is 4. The van der Waals surface area contributed by atoms with Crippen LogP contribution in [0.25, 0.3) is 0 Å². The molecule has 0 saturated carbocycles. The molecule has 0 spiro atoms. The highest BCUT2D eigenvalue weighted by atomic mass is 16.5. The molecule has 27 heavy (non-hydrogen) atoms. The molecule has 4 amide bonds. The maximum Gasteiger partial charge on any atom is 0.321 e. The lowest BCUT2D eigenvalue weighted by molar-refractivity contribution is -0.158. The van der Waals surface area contributed by atoms with Crippen molar-refractivity contribution in [2.75, 3.05) is 11.4 Å². The van der Waals surface area contributed by atoms with Crippen molar-refractivity contribution in [1.29, 1.82) is 0 Å². The molecule has 2 atom stereocenters. The molecular formula is C19H25N3O5. The minimum atomic E-state index is -1.14. The molecule has 2 N–H and O–H groups in total. The van der Waals surface area contributed by atoms with E-state index in [0.717, 1.165) is 11.3 Å². The highest BCUT2D eigenvalue weighted by Gasteiger charge is 2.37. The van der Waals surface area contributed by atoms with Crippen molar-refractivity contribution >= 4 is 29.5 Å². The number of imide groups is 1. The molecule has 1 fully saturated rings. The number of urea groups is 1. The number of nitrogens with zero attached hydrogens (tertiary/aromatic N) is 1. The van der Waals surface area contributed by atoms with Gasteiger partial charge >= 0.3 is 12.0 Å². The monoisotopic (exact) mass is 375 g/mol. The lowest BCUT2D eigenvalue weighted by Gasteiger charge is -2.18. The van der Waals surface area contributed by atoms with Crippen LogP contribution in [0.3, 0.4) is 0 Å². The molecule has 1 aromatic rings. The van der Waals surface area contributed by atoms with E-state index in [1.54, 1.807) is 13.8 Å². The van der Waals surface area contributed by atoms with E-state index in [1.165, 1.54) is 11.8 Å². The lowest BCUT2D eigenvalue weighted by atomic mass is 10.1. The fourth-order valence-corrected chi connectivity index (χ4v) is 2.68. The Morgan fingerprint density at radius 2 is 1.78 bits per heavy atom. The third kappa shape index (κ3) is 5.54. The minimum Gasteiger partial charge on any atom is -0.452 e. The van der Waals surface area contributed by atoms with Crippen molar-refractivity contribution < 1.29 is 23.9 Å². The van der Waals surface area contributed by atoms with E-state index < -0.39 is 29.9 Å². The van der Waals surface area contributed by atoms with E-state index in [1.807, 2.05) is 31.2 Å². The van der Waals surface area contributed by atoms with E-state index in [-0.39, 0.29) is 24.9 Å². The predicted octanol–water partition coefficient (Wildman–Crippen LogP) is 1.51. The van der Waals surface area contributed by atoms with Crippen LogP contribution in [0, 0.1) is 12.8 Å². The highest BCUT2D eigenvalue weighted by Crippen LogP contribution is 2.26. The first-order valence-corrected chi connectivity index (χ1v) is 8.86. The van der Waals surface area contributed by atoms with Crippen LogP contribution in [-0.4, -0.2) is 42.5 Å². The summed E-state index contributed by atoms with van der Waals surface area (Å²) in [5.41, 5.74) is 1.79. The molecule has 1 saturated heterocycles. The normalized spacial score (nSPS) is 17.6. The molecular weight excluding hydrogens is 350 g/mol. The quantitative estimate of drug-likeness (QED) is 0.759. The third-order valence-electron chi connectivity index (χ3n) is 4.12. The second kappa shape index (κ2) is 8.66. The fourth-order valence-electron chi connectivity index (χ4n) is 2.68. The highest BCUT2D eigenvalue weighted by molar-refractivity contribution is 6.00. The van der Waals surface area contributed by atoms with E-state index in [9.17, 15) is 19.2 Å². The Kier molecular flexibility index (Phi) is 6.55. The molecule has 2 rings (SSSR count). The topological polar surface area (TPSA) is 105 Å². The number of nitrogens with one attached hydrogen (secondary N) is 2.